The number of rotatable bonds is 4. The number of amides is 1. The third-order valence-corrected chi connectivity index (χ3v) is 2.73. The molecule has 1 heterocycles. The zero-order valence-corrected chi connectivity index (χ0v) is 12.6. The van der Waals surface area contributed by atoms with Gasteiger partial charge in [-0.3, -0.25) is 4.79 Å². The van der Waals surface area contributed by atoms with E-state index in [9.17, 15) is 18.0 Å². The van der Waals surface area contributed by atoms with Crippen LogP contribution in [-0.4, -0.2) is 31.4 Å². The van der Waals surface area contributed by atoms with Crippen molar-refractivity contribution in [3.05, 3.63) is 35.8 Å². The fourth-order valence-corrected chi connectivity index (χ4v) is 1.87. The van der Waals surface area contributed by atoms with E-state index in [4.69, 9.17) is 9.47 Å². The van der Waals surface area contributed by atoms with Gasteiger partial charge in [0.25, 0.3) is 5.91 Å². The van der Waals surface area contributed by atoms with Crippen molar-refractivity contribution in [3.63, 3.8) is 0 Å². The number of halogens is 3. The molecular formula is C15H16F3NO4. The summed E-state index contributed by atoms with van der Waals surface area (Å²) in [6.45, 7) is 3.35. The van der Waals surface area contributed by atoms with Crippen molar-refractivity contribution in [1.29, 1.82) is 0 Å². The molecule has 0 aromatic heterocycles. The number of allylic oxidation sites excluding steroid dienone is 1. The molecule has 0 radical (unpaired) electrons. The van der Waals surface area contributed by atoms with Crippen molar-refractivity contribution in [2.75, 3.05) is 18.5 Å². The molecule has 8 heteroatoms. The van der Waals surface area contributed by atoms with Gasteiger partial charge >= 0.3 is 6.18 Å². The lowest BCUT2D eigenvalue weighted by molar-refractivity contribution is -0.151. The highest BCUT2D eigenvalue weighted by molar-refractivity contribution is 6.02. The maximum Gasteiger partial charge on any atom is 0.453 e. The molecule has 1 amide bonds. The number of nitrogens with one attached hydrogen (secondary N) is 1. The molecule has 0 unspecified atom stereocenters. The van der Waals surface area contributed by atoms with Crippen molar-refractivity contribution < 1.29 is 32.2 Å². The minimum Gasteiger partial charge on any atom is -0.491 e. The molecule has 0 saturated carbocycles. The van der Waals surface area contributed by atoms with Crippen molar-refractivity contribution in [3.8, 4) is 5.75 Å². The van der Waals surface area contributed by atoms with Crippen LogP contribution in [0.1, 0.15) is 13.8 Å². The molecule has 5 nitrogen and oxygen atoms in total. The highest BCUT2D eigenvalue weighted by atomic mass is 19.4. The molecule has 0 atom stereocenters. The second-order valence-corrected chi connectivity index (χ2v) is 5.00. The minimum absolute atomic E-state index is 0.0114. The highest BCUT2D eigenvalue weighted by Gasteiger charge is 2.43. The minimum atomic E-state index is -4.79. The normalized spacial score (nSPS) is 15.0. The molecule has 1 aromatic rings. The molecule has 1 aliphatic rings. The average Bonchev–Trinajstić information content (AvgIpc) is 2.48. The molecule has 0 fully saturated rings. The predicted molar refractivity (Wildman–Crippen MR) is 75.8 cm³/mol. The van der Waals surface area contributed by atoms with E-state index in [1.165, 1.54) is 12.1 Å². The van der Waals surface area contributed by atoms with Gasteiger partial charge in [-0.15, -0.1) is 0 Å². The maximum absolute atomic E-state index is 12.8. The summed E-state index contributed by atoms with van der Waals surface area (Å²) in [5.74, 6) is -2.72. The van der Waals surface area contributed by atoms with Crippen LogP contribution < -0.4 is 10.1 Å². The Balaban J connectivity index is 2.13. The molecule has 1 N–H and O–H groups in total. The van der Waals surface area contributed by atoms with Crippen LogP contribution in [0.2, 0.25) is 0 Å². The maximum atomic E-state index is 12.8. The standard InChI is InChI=1S/C15H16F3NO4/c1-9(2)23-11-5-3-10(4-6-11)19-14(20)12-13(15(16,17)18)22-8-7-21-12/h3-6,9H,7-8H2,1-2H3,(H,19,20). The van der Waals surface area contributed by atoms with Crippen molar-refractivity contribution >= 4 is 11.6 Å². The van der Waals surface area contributed by atoms with Gasteiger partial charge in [0.15, 0.2) is 0 Å². The zero-order valence-electron chi connectivity index (χ0n) is 12.6. The largest absolute Gasteiger partial charge is 0.491 e. The summed E-state index contributed by atoms with van der Waals surface area (Å²) in [5, 5.41) is 2.34. The van der Waals surface area contributed by atoms with Crippen LogP contribution in [0.5, 0.6) is 5.75 Å². The van der Waals surface area contributed by atoms with Crippen LogP contribution in [-0.2, 0) is 14.3 Å². The molecular weight excluding hydrogens is 315 g/mol. The SMILES string of the molecule is CC(C)Oc1ccc(NC(=O)C2=C(C(F)(F)F)OCCO2)cc1. The number of benzene rings is 1. The van der Waals surface area contributed by atoms with Crippen molar-refractivity contribution in [1.82, 2.24) is 0 Å². The Morgan fingerprint density at radius 1 is 1.17 bits per heavy atom. The smallest absolute Gasteiger partial charge is 0.453 e. The van der Waals surface area contributed by atoms with E-state index >= 15 is 0 Å². The first-order chi connectivity index (χ1) is 10.8. The second-order valence-electron chi connectivity index (χ2n) is 5.00. The average molecular weight is 331 g/mol. The van der Waals surface area contributed by atoms with Gasteiger partial charge < -0.3 is 19.5 Å². The van der Waals surface area contributed by atoms with Crippen molar-refractivity contribution in [2.45, 2.75) is 26.1 Å². The number of hydrogen-bond donors (Lipinski definition) is 1. The topological polar surface area (TPSA) is 56.8 Å². The lowest BCUT2D eigenvalue weighted by Crippen LogP contribution is -2.30. The lowest BCUT2D eigenvalue weighted by Gasteiger charge is -2.22. The van der Waals surface area contributed by atoms with Crippen LogP contribution >= 0.6 is 0 Å². The number of carbonyl (C=O) groups is 1. The van der Waals surface area contributed by atoms with E-state index in [1.54, 1.807) is 12.1 Å². The molecule has 2 rings (SSSR count). The number of hydrogen-bond acceptors (Lipinski definition) is 4. The summed E-state index contributed by atoms with van der Waals surface area (Å²) >= 11 is 0. The van der Waals surface area contributed by atoms with Gasteiger partial charge in [0.2, 0.25) is 11.5 Å². The van der Waals surface area contributed by atoms with Crippen molar-refractivity contribution in [2.24, 2.45) is 0 Å². The van der Waals surface area contributed by atoms with E-state index in [0.29, 0.717) is 11.4 Å². The van der Waals surface area contributed by atoms with E-state index in [1.807, 2.05) is 13.8 Å². The van der Waals surface area contributed by atoms with Crippen LogP contribution in [0, 0.1) is 0 Å². The number of alkyl halides is 3. The molecule has 1 aliphatic heterocycles. The third-order valence-electron chi connectivity index (χ3n) is 2.73. The van der Waals surface area contributed by atoms with Gasteiger partial charge in [-0.2, -0.15) is 13.2 Å². The third kappa shape index (κ3) is 4.54. The Morgan fingerprint density at radius 3 is 2.35 bits per heavy atom. The van der Waals surface area contributed by atoms with Crippen LogP contribution in [0.3, 0.4) is 0 Å². The Kier molecular flexibility index (Phi) is 5.02. The molecule has 0 bridgehead atoms. The van der Waals surface area contributed by atoms with Crippen LogP contribution in [0.25, 0.3) is 0 Å². The first-order valence-corrected chi connectivity index (χ1v) is 6.92. The zero-order chi connectivity index (χ0) is 17.0. The highest BCUT2D eigenvalue weighted by Crippen LogP contribution is 2.32. The fraction of sp³-hybridized carbons (Fsp3) is 0.400. The van der Waals surface area contributed by atoms with Gasteiger partial charge in [-0.1, -0.05) is 0 Å². The summed E-state index contributed by atoms with van der Waals surface area (Å²) in [6.07, 6.45) is -4.80. The monoisotopic (exact) mass is 331 g/mol. The van der Waals surface area contributed by atoms with Gasteiger partial charge in [0.05, 0.1) is 6.10 Å². The van der Waals surface area contributed by atoms with Gasteiger partial charge in [0.1, 0.15) is 19.0 Å². The first-order valence-electron chi connectivity index (χ1n) is 6.92. The second kappa shape index (κ2) is 6.80. The van der Waals surface area contributed by atoms with Gasteiger partial charge in [-0.25, -0.2) is 0 Å². The van der Waals surface area contributed by atoms with E-state index < -0.39 is 23.6 Å². The quantitative estimate of drug-likeness (QED) is 0.920. The summed E-state index contributed by atoms with van der Waals surface area (Å²) in [6, 6.07) is 6.25. The van der Waals surface area contributed by atoms with E-state index in [0.717, 1.165) is 0 Å². The Hall–Kier alpha value is -2.38. The van der Waals surface area contributed by atoms with Gasteiger partial charge in [-0.05, 0) is 38.1 Å². The number of ether oxygens (including phenoxy) is 3. The predicted octanol–water partition coefficient (Wildman–Crippen LogP) is 3.23. The summed E-state index contributed by atoms with van der Waals surface area (Å²) in [7, 11) is 0. The van der Waals surface area contributed by atoms with E-state index in [-0.39, 0.29) is 19.3 Å². The Labute approximate surface area is 131 Å². The Morgan fingerprint density at radius 2 is 1.78 bits per heavy atom. The van der Waals surface area contributed by atoms with Crippen LogP contribution in [0.4, 0.5) is 18.9 Å². The molecule has 0 saturated heterocycles. The van der Waals surface area contributed by atoms with Gasteiger partial charge in [0, 0.05) is 5.69 Å². The summed E-state index contributed by atoms with van der Waals surface area (Å²) < 4.78 is 53.2. The molecule has 23 heavy (non-hydrogen) atoms. The lowest BCUT2D eigenvalue weighted by atomic mass is 10.2. The molecule has 1 aromatic carbocycles. The van der Waals surface area contributed by atoms with Crippen LogP contribution in [0.15, 0.2) is 35.8 Å². The number of carbonyl (C=O) groups excluding carboxylic acids is 1. The summed E-state index contributed by atoms with van der Waals surface area (Å²) in [5.41, 5.74) is 0.314. The molecule has 126 valence electrons. The molecule has 0 spiro atoms. The number of anilines is 1. The molecule has 0 aliphatic carbocycles. The van der Waals surface area contributed by atoms with E-state index in [2.05, 4.69) is 10.1 Å². The Bertz CT molecular complexity index is 594. The first kappa shape index (κ1) is 17.0. The summed E-state index contributed by atoms with van der Waals surface area (Å²) in [4.78, 5) is 12.0. The fourth-order valence-electron chi connectivity index (χ4n) is 1.87.